The molecule has 1 saturated carbocycles. The van der Waals surface area contributed by atoms with Gasteiger partial charge in [0.25, 0.3) is 5.91 Å². The molecule has 0 saturated heterocycles. The van der Waals surface area contributed by atoms with Crippen LogP contribution in [0.5, 0.6) is 0 Å². The molecule has 1 aliphatic carbocycles. The molecule has 2 heterocycles. The number of carbonyl (C=O) groups is 1. The van der Waals surface area contributed by atoms with E-state index in [1.54, 1.807) is 30.4 Å². The Labute approximate surface area is 136 Å². The van der Waals surface area contributed by atoms with Gasteiger partial charge in [0.05, 0.1) is 0 Å². The van der Waals surface area contributed by atoms with Crippen LogP contribution in [-0.4, -0.2) is 45.4 Å². The Morgan fingerprint density at radius 1 is 1.30 bits per heavy atom. The Morgan fingerprint density at radius 3 is 2.74 bits per heavy atom. The SMILES string of the molecule is Cc1nc(NC2CC2)cc(C(=O)N(C)CCc2ccncc2)n1. The van der Waals surface area contributed by atoms with Gasteiger partial charge in [-0.1, -0.05) is 0 Å². The molecule has 1 amide bonds. The van der Waals surface area contributed by atoms with Crippen LogP contribution >= 0.6 is 0 Å². The van der Waals surface area contributed by atoms with Crippen LogP contribution in [0, 0.1) is 6.92 Å². The summed E-state index contributed by atoms with van der Waals surface area (Å²) in [5.74, 6) is 1.27. The molecule has 0 spiro atoms. The van der Waals surface area contributed by atoms with Gasteiger partial charge in [-0.3, -0.25) is 9.78 Å². The molecular weight excluding hydrogens is 290 g/mol. The summed E-state index contributed by atoms with van der Waals surface area (Å²) >= 11 is 0. The predicted molar refractivity (Wildman–Crippen MR) is 88.3 cm³/mol. The number of rotatable bonds is 6. The van der Waals surface area contributed by atoms with Crippen LogP contribution in [0.4, 0.5) is 5.82 Å². The van der Waals surface area contributed by atoms with Crippen molar-refractivity contribution in [1.82, 2.24) is 19.9 Å². The number of aromatic nitrogens is 3. The van der Waals surface area contributed by atoms with Gasteiger partial charge in [-0.15, -0.1) is 0 Å². The van der Waals surface area contributed by atoms with Gasteiger partial charge < -0.3 is 10.2 Å². The van der Waals surface area contributed by atoms with Gasteiger partial charge in [0.15, 0.2) is 0 Å². The average molecular weight is 311 g/mol. The van der Waals surface area contributed by atoms with Crippen LogP contribution in [0.3, 0.4) is 0 Å². The molecule has 0 atom stereocenters. The average Bonchev–Trinajstić information content (AvgIpc) is 3.36. The van der Waals surface area contributed by atoms with Crippen molar-refractivity contribution in [3.63, 3.8) is 0 Å². The third-order valence-electron chi connectivity index (χ3n) is 3.82. The summed E-state index contributed by atoms with van der Waals surface area (Å²) in [6.07, 6.45) is 6.65. The van der Waals surface area contributed by atoms with Gasteiger partial charge in [-0.2, -0.15) is 0 Å². The fourth-order valence-corrected chi connectivity index (χ4v) is 2.33. The van der Waals surface area contributed by atoms with Gasteiger partial charge in [-0.05, 0) is 43.9 Å². The summed E-state index contributed by atoms with van der Waals surface area (Å²) in [4.78, 5) is 26.9. The smallest absolute Gasteiger partial charge is 0.272 e. The number of anilines is 1. The quantitative estimate of drug-likeness (QED) is 0.884. The first-order valence-corrected chi connectivity index (χ1v) is 7.88. The van der Waals surface area contributed by atoms with Crippen molar-refractivity contribution < 1.29 is 4.79 Å². The van der Waals surface area contributed by atoms with Crippen molar-refractivity contribution in [1.29, 1.82) is 0 Å². The lowest BCUT2D eigenvalue weighted by molar-refractivity contribution is 0.0790. The zero-order chi connectivity index (χ0) is 16.2. The number of hydrogen-bond acceptors (Lipinski definition) is 5. The molecule has 0 aromatic carbocycles. The maximum atomic E-state index is 12.6. The number of carbonyl (C=O) groups excluding carboxylic acids is 1. The first-order chi connectivity index (χ1) is 11.1. The highest BCUT2D eigenvalue weighted by molar-refractivity contribution is 5.92. The molecule has 0 radical (unpaired) electrons. The molecule has 23 heavy (non-hydrogen) atoms. The molecule has 6 heteroatoms. The summed E-state index contributed by atoms with van der Waals surface area (Å²) in [7, 11) is 1.80. The Balaban J connectivity index is 1.65. The van der Waals surface area contributed by atoms with Crippen molar-refractivity contribution >= 4 is 11.7 Å². The Bertz CT molecular complexity index is 685. The van der Waals surface area contributed by atoms with E-state index < -0.39 is 0 Å². The molecule has 0 aliphatic heterocycles. The lowest BCUT2D eigenvalue weighted by atomic mass is 10.2. The Kier molecular flexibility index (Phi) is 4.50. The van der Waals surface area contributed by atoms with Gasteiger partial charge in [0.2, 0.25) is 0 Å². The van der Waals surface area contributed by atoms with Gasteiger partial charge in [-0.25, -0.2) is 9.97 Å². The highest BCUT2D eigenvalue weighted by atomic mass is 16.2. The van der Waals surface area contributed by atoms with E-state index in [4.69, 9.17) is 0 Å². The van der Waals surface area contributed by atoms with E-state index >= 15 is 0 Å². The van der Waals surface area contributed by atoms with Crippen molar-refractivity contribution in [3.05, 3.63) is 47.7 Å². The normalized spacial score (nSPS) is 13.7. The zero-order valence-corrected chi connectivity index (χ0v) is 13.5. The molecule has 1 fully saturated rings. The first kappa shape index (κ1) is 15.4. The highest BCUT2D eigenvalue weighted by Crippen LogP contribution is 2.24. The van der Waals surface area contributed by atoms with E-state index in [1.807, 2.05) is 19.1 Å². The number of hydrogen-bond donors (Lipinski definition) is 1. The summed E-state index contributed by atoms with van der Waals surface area (Å²) in [6, 6.07) is 6.17. The zero-order valence-electron chi connectivity index (χ0n) is 13.5. The monoisotopic (exact) mass is 311 g/mol. The Hall–Kier alpha value is -2.50. The van der Waals surface area contributed by atoms with Crippen LogP contribution in [0.1, 0.15) is 34.7 Å². The second-order valence-corrected chi connectivity index (χ2v) is 5.94. The largest absolute Gasteiger partial charge is 0.367 e. The van der Waals surface area contributed by atoms with E-state index in [1.165, 1.54) is 0 Å². The minimum atomic E-state index is -0.0802. The van der Waals surface area contributed by atoms with Gasteiger partial charge >= 0.3 is 0 Å². The van der Waals surface area contributed by atoms with Crippen LogP contribution in [-0.2, 0) is 6.42 Å². The number of aryl methyl sites for hydroxylation is 1. The van der Waals surface area contributed by atoms with Gasteiger partial charge in [0.1, 0.15) is 17.3 Å². The van der Waals surface area contributed by atoms with E-state index in [-0.39, 0.29) is 5.91 Å². The summed E-state index contributed by atoms with van der Waals surface area (Å²) in [6.45, 7) is 2.45. The molecule has 1 aliphatic rings. The van der Waals surface area contributed by atoms with Crippen LogP contribution < -0.4 is 5.32 Å². The third kappa shape index (κ3) is 4.25. The standard InChI is InChI=1S/C17H21N5O/c1-12-19-15(11-16(20-12)21-14-3-4-14)17(23)22(2)10-7-13-5-8-18-9-6-13/h5-6,8-9,11,14H,3-4,7,10H2,1-2H3,(H,19,20,21). The fraction of sp³-hybridized carbons (Fsp3) is 0.412. The third-order valence-corrected chi connectivity index (χ3v) is 3.82. The van der Waals surface area contributed by atoms with E-state index in [0.29, 0.717) is 24.1 Å². The highest BCUT2D eigenvalue weighted by Gasteiger charge is 2.22. The minimum Gasteiger partial charge on any atom is -0.367 e. The predicted octanol–water partition coefficient (Wildman–Crippen LogP) is 2.07. The van der Waals surface area contributed by atoms with Gasteiger partial charge in [0, 0.05) is 38.1 Å². The molecule has 0 unspecified atom stereocenters. The van der Waals surface area contributed by atoms with E-state index in [2.05, 4.69) is 20.3 Å². The van der Waals surface area contributed by atoms with Crippen molar-refractivity contribution in [2.24, 2.45) is 0 Å². The lowest BCUT2D eigenvalue weighted by Gasteiger charge is -2.17. The number of nitrogens with zero attached hydrogens (tertiary/aromatic N) is 4. The second-order valence-electron chi connectivity index (χ2n) is 5.94. The molecule has 3 rings (SSSR count). The number of likely N-dealkylation sites (N-methyl/N-ethyl adjacent to an activating group) is 1. The summed E-state index contributed by atoms with van der Waals surface area (Å²) in [5.41, 5.74) is 1.60. The molecule has 0 bridgehead atoms. The van der Waals surface area contributed by atoms with Crippen molar-refractivity contribution in [3.8, 4) is 0 Å². The summed E-state index contributed by atoms with van der Waals surface area (Å²) in [5, 5.41) is 3.32. The fourth-order valence-electron chi connectivity index (χ4n) is 2.33. The number of nitrogens with one attached hydrogen (secondary N) is 1. The second kappa shape index (κ2) is 6.73. The Morgan fingerprint density at radius 2 is 2.04 bits per heavy atom. The van der Waals surface area contributed by atoms with Crippen LogP contribution in [0.15, 0.2) is 30.6 Å². The van der Waals surface area contributed by atoms with Crippen molar-refractivity contribution in [2.45, 2.75) is 32.2 Å². The van der Waals surface area contributed by atoms with E-state index in [0.717, 1.165) is 30.6 Å². The van der Waals surface area contributed by atoms with Crippen molar-refractivity contribution in [2.75, 3.05) is 18.9 Å². The molecular formula is C17H21N5O. The number of pyridine rings is 1. The minimum absolute atomic E-state index is 0.0802. The molecule has 6 nitrogen and oxygen atoms in total. The molecule has 1 N–H and O–H groups in total. The molecule has 2 aromatic heterocycles. The topological polar surface area (TPSA) is 71.0 Å². The maximum absolute atomic E-state index is 12.6. The first-order valence-electron chi connectivity index (χ1n) is 7.88. The number of amides is 1. The van der Waals surface area contributed by atoms with E-state index in [9.17, 15) is 4.79 Å². The lowest BCUT2D eigenvalue weighted by Crippen LogP contribution is -2.30. The van der Waals surface area contributed by atoms with Crippen LogP contribution in [0.25, 0.3) is 0 Å². The molecule has 2 aromatic rings. The molecule has 120 valence electrons. The summed E-state index contributed by atoms with van der Waals surface area (Å²) < 4.78 is 0. The maximum Gasteiger partial charge on any atom is 0.272 e. The van der Waals surface area contributed by atoms with Crippen LogP contribution in [0.2, 0.25) is 0 Å².